The second kappa shape index (κ2) is 5.91. The zero-order chi connectivity index (χ0) is 14.6. The summed E-state index contributed by atoms with van der Waals surface area (Å²) in [5.74, 6) is -0.000238. The van der Waals surface area contributed by atoms with Crippen LogP contribution < -0.4 is 0 Å². The molecule has 104 valence electrons. The summed E-state index contributed by atoms with van der Waals surface area (Å²) in [6.07, 6.45) is 2.48. The number of ether oxygens (including phenoxy) is 1. The van der Waals surface area contributed by atoms with Gasteiger partial charge in [0.25, 0.3) is 0 Å². The van der Waals surface area contributed by atoms with E-state index in [0.717, 1.165) is 11.1 Å². The fraction of sp³-hybridized carbons (Fsp3) is 0.438. The van der Waals surface area contributed by atoms with Crippen molar-refractivity contribution in [3.05, 3.63) is 41.0 Å². The van der Waals surface area contributed by atoms with Gasteiger partial charge in [0.2, 0.25) is 0 Å². The second-order valence-electron chi connectivity index (χ2n) is 5.68. The Morgan fingerprint density at radius 2 is 2.00 bits per heavy atom. The van der Waals surface area contributed by atoms with Crippen LogP contribution in [0.3, 0.4) is 0 Å². The molecule has 1 aromatic rings. The zero-order valence-corrected chi connectivity index (χ0v) is 12.3. The Kier molecular flexibility index (Phi) is 4.76. The van der Waals surface area contributed by atoms with Gasteiger partial charge in [0.05, 0.1) is 7.11 Å². The van der Waals surface area contributed by atoms with E-state index in [1.165, 1.54) is 7.11 Å². The molecule has 0 unspecified atom stereocenters. The summed E-state index contributed by atoms with van der Waals surface area (Å²) < 4.78 is 4.65. The van der Waals surface area contributed by atoms with Crippen molar-refractivity contribution < 1.29 is 14.6 Å². The minimum absolute atomic E-state index is 0.110. The van der Waals surface area contributed by atoms with Gasteiger partial charge >= 0.3 is 5.97 Å². The van der Waals surface area contributed by atoms with Gasteiger partial charge in [-0.25, -0.2) is 4.79 Å². The Labute approximate surface area is 114 Å². The molecular weight excluding hydrogens is 240 g/mol. The average molecular weight is 262 g/mol. The van der Waals surface area contributed by atoms with Crippen LogP contribution in [0.1, 0.15) is 38.8 Å². The van der Waals surface area contributed by atoms with Gasteiger partial charge in [-0.3, -0.25) is 0 Å². The van der Waals surface area contributed by atoms with Crippen molar-refractivity contribution in [1.29, 1.82) is 0 Å². The van der Waals surface area contributed by atoms with Crippen molar-refractivity contribution in [2.24, 2.45) is 0 Å². The van der Waals surface area contributed by atoms with E-state index < -0.39 is 0 Å². The smallest absolute Gasteiger partial charge is 0.333 e. The van der Waals surface area contributed by atoms with Crippen molar-refractivity contribution in [3.63, 3.8) is 0 Å². The summed E-state index contributed by atoms with van der Waals surface area (Å²) in [5.41, 5.74) is 2.45. The van der Waals surface area contributed by atoms with Crippen molar-refractivity contribution in [3.8, 4) is 5.75 Å². The summed E-state index contributed by atoms with van der Waals surface area (Å²) in [6.45, 7) is 7.90. The summed E-state index contributed by atoms with van der Waals surface area (Å²) in [5, 5.41) is 9.88. The summed E-state index contributed by atoms with van der Waals surface area (Å²) in [7, 11) is 1.37. The number of rotatable bonds is 3. The van der Waals surface area contributed by atoms with Gasteiger partial charge in [0, 0.05) is 5.57 Å². The molecule has 1 rings (SSSR count). The number of benzene rings is 1. The van der Waals surface area contributed by atoms with Gasteiger partial charge in [-0.2, -0.15) is 0 Å². The number of phenols is 1. The second-order valence-corrected chi connectivity index (χ2v) is 5.68. The molecule has 0 aliphatic rings. The van der Waals surface area contributed by atoms with Crippen LogP contribution in [0.4, 0.5) is 0 Å². The molecule has 19 heavy (non-hydrogen) atoms. The van der Waals surface area contributed by atoms with Gasteiger partial charge in [-0.1, -0.05) is 39.0 Å². The first kappa shape index (κ1) is 15.3. The van der Waals surface area contributed by atoms with Crippen LogP contribution in [0.15, 0.2) is 29.8 Å². The first-order valence-electron chi connectivity index (χ1n) is 6.33. The predicted molar refractivity (Wildman–Crippen MR) is 76.3 cm³/mol. The third-order valence-corrected chi connectivity index (χ3v) is 3.02. The molecule has 1 aromatic carbocycles. The van der Waals surface area contributed by atoms with E-state index in [0.29, 0.717) is 17.7 Å². The molecule has 0 radical (unpaired) electrons. The van der Waals surface area contributed by atoms with E-state index in [1.807, 2.05) is 18.2 Å². The standard InChI is InChI=1S/C16H22O3/c1-11(15(18)19-5)6-7-12-8-9-14(17)13(10-12)16(2,3)4/h6,8-10,17H,7H2,1-5H3. The molecule has 0 fully saturated rings. The highest BCUT2D eigenvalue weighted by Gasteiger charge is 2.18. The average Bonchev–Trinajstić information content (AvgIpc) is 2.35. The highest BCUT2D eigenvalue weighted by molar-refractivity contribution is 5.87. The number of carbonyl (C=O) groups is 1. The van der Waals surface area contributed by atoms with Crippen LogP contribution in [-0.2, 0) is 21.4 Å². The van der Waals surface area contributed by atoms with Gasteiger partial charge in [0.15, 0.2) is 0 Å². The summed E-state index contributed by atoms with van der Waals surface area (Å²) >= 11 is 0. The molecule has 0 aromatic heterocycles. The fourth-order valence-corrected chi connectivity index (χ4v) is 1.83. The van der Waals surface area contributed by atoms with Gasteiger partial charge in [-0.05, 0) is 36.0 Å². The highest BCUT2D eigenvalue weighted by Crippen LogP contribution is 2.31. The van der Waals surface area contributed by atoms with Crippen LogP contribution in [0.5, 0.6) is 5.75 Å². The molecule has 3 nitrogen and oxygen atoms in total. The monoisotopic (exact) mass is 262 g/mol. The minimum atomic E-state index is -0.310. The Balaban J connectivity index is 2.96. The normalized spacial score (nSPS) is 12.4. The fourth-order valence-electron chi connectivity index (χ4n) is 1.83. The molecular formula is C16H22O3. The van der Waals surface area contributed by atoms with E-state index in [2.05, 4.69) is 25.5 Å². The third-order valence-electron chi connectivity index (χ3n) is 3.02. The van der Waals surface area contributed by atoms with E-state index in [9.17, 15) is 9.90 Å². The van der Waals surface area contributed by atoms with Gasteiger partial charge < -0.3 is 9.84 Å². The van der Waals surface area contributed by atoms with E-state index in [4.69, 9.17) is 0 Å². The lowest BCUT2D eigenvalue weighted by atomic mass is 9.85. The molecule has 0 saturated carbocycles. The first-order chi connectivity index (χ1) is 8.75. The molecule has 0 aliphatic heterocycles. The lowest BCUT2D eigenvalue weighted by molar-refractivity contribution is -0.136. The van der Waals surface area contributed by atoms with Crippen molar-refractivity contribution in [2.75, 3.05) is 7.11 Å². The zero-order valence-electron chi connectivity index (χ0n) is 12.3. The summed E-state index contributed by atoms with van der Waals surface area (Å²) in [4.78, 5) is 11.3. The van der Waals surface area contributed by atoms with E-state index in [1.54, 1.807) is 13.0 Å². The molecule has 0 atom stereocenters. The number of methoxy groups -OCH3 is 1. The first-order valence-corrected chi connectivity index (χ1v) is 6.33. The molecule has 0 bridgehead atoms. The number of carbonyl (C=O) groups excluding carboxylic acids is 1. The minimum Gasteiger partial charge on any atom is -0.508 e. The van der Waals surface area contributed by atoms with E-state index in [-0.39, 0.29) is 11.4 Å². The van der Waals surface area contributed by atoms with Crippen LogP contribution in [0.25, 0.3) is 0 Å². The number of phenolic OH excluding ortho intramolecular Hbond substituents is 1. The van der Waals surface area contributed by atoms with Crippen LogP contribution in [0.2, 0.25) is 0 Å². The number of aromatic hydroxyl groups is 1. The van der Waals surface area contributed by atoms with Crippen molar-refractivity contribution in [2.45, 2.75) is 39.5 Å². The number of hydrogen-bond donors (Lipinski definition) is 1. The SMILES string of the molecule is COC(=O)C(C)=CCc1ccc(O)c(C(C)(C)C)c1. The number of esters is 1. The van der Waals surface area contributed by atoms with Crippen molar-refractivity contribution >= 4 is 5.97 Å². The Morgan fingerprint density at radius 1 is 1.37 bits per heavy atom. The predicted octanol–water partition coefficient (Wildman–Crippen LogP) is 3.35. The maximum atomic E-state index is 11.3. The van der Waals surface area contributed by atoms with Crippen LogP contribution >= 0.6 is 0 Å². The van der Waals surface area contributed by atoms with E-state index >= 15 is 0 Å². The molecule has 0 aliphatic carbocycles. The Hall–Kier alpha value is -1.77. The van der Waals surface area contributed by atoms with Gasteiger partial charge in [0.1, 0.15) is 5.75 Å². The maximum Gasteiger partial charge on any atom is 0.333 e. The molecule has 1 N–H and O–H groups in total. The molecule has 0 saturated heterocycles. The number of allylic oxidation sites excluding steroid dienone is 1. The highest BCUT2D eigenvalue weighted by atomic mass is 16.5. The lowest BCUT2D eigenvalue weighted by Crippen LogP contribution is -2.11. The largest absolute Gasteiger partial charge is 0.508 e. The number of hydrogen-bond acceptors (Lipinski definition) is 3. The molecule has 0 heterocycles. The molecule has 0 spiro atoms. The van der Waals surface area contributed by atoms with Crippen molar-refractivity contribution in [1.82, 2.24) is 0 Å². The maximum absolute atomic E-state index is 11.3. The molecule has 0 amide bonds. The topological polar surface area (TPSA) is 46.5 Å². The lowest BCUT2D eigenvalue weighted by Gasteiger charge is -2.21. The molecule has 3 heteroatoms. The Bertz CT molecular complexity index is 493. The quantitative estimate of drug-likeness (QED) is 0.671. The van der Waals surface area contributed by atoms with Crippen LogP contribution in [-0.4, -0.2) is 18.2 Å². The van der Waals surface area contributed by atoms with Crippen LogP contribution in [0, 0.1) is 0 Å². The Morgan fingerprint density at radius 3 is 2.53 bits per heavy atom. The third kappa shape index (κ3) is 4.12. The summed E-state index contributed by atoms with van der Waals surface area (Å²) in [6, 6.07) is 5.55. The van der Waals surface area contributed by atoms with Gasteiger partial charge in [-0.15, -0.1) is 0 Å².